The van der Waals surface area contributed by atoms with Gasteiger partial charge in [-0.3, -0.25) is 14.8 Å². The summed E-state index contributed by atoms with van der Waals surface area (Å²) in [5.74, 6) is 0.316. The average Bonchev–Trinajstić information content (AvgIpc) is 3.35. The van der Waals surface area contributed by atoms with Crippen molar-refractivity contribution in [1.82, 2.24) is 15.2 Å². The van der Waals surface area contributed by atoms with Crippen LogP contribution < -0.4 is 10.6 Å². The van der Waals surface area contributed by atoms with Gasteiger partial charge in [-0.15, -0.1) is 0 Å². The van der Waals surface area contributed by atoms with Crippen LogP contribution in [0.2, 0.25) is 0 Å². The van der Waals surface area contributed by atoms with Crippen LogP contribution in [0.5, 0.6) is 0 Å². The smallest absolute Gasteiger partial charge is 0.230 e. The van der Waals surface area contributed by atoms with E-state index in [0.29, 0.717) is 5.92 Å². The van der Waals surface area contributed by atoms with E-state index in [4.69, 9.17) is 4.99 Å². The third-order valence-corrected chi connectivity index (χ3v) is 6.40. The van der Waals surface area contributed by atoms with Gasteiger partial charge in [-0.1, -0.05) is 45.9 Å². The van der Waals surface area contributed by atoms with Gasteiger partial charge in [0.25, 0.3) is 0 Å². The molecule has 206 valence electrons. The van der Waals surface area contributed by atoms with Crippen molar-refractivity contribution in [2.45, 2.75) is 86.2 Å². The molecule has 1 unspecified atom stereocenters. The van der Waals surface area contributed by atoms with E-state index in [1.54, 1.807) is 0 Å². The minimum Gasteiger partial charge on any atom is -0.379 e. The highest BCUT2D eigenvalue weighted by molar-refractivity contribution is 5.92. The first-order chi connectivity index (χ1) is 17.7. The van der Waals surface area contributed by atoms with Crippen molar-refractivity contribution in [2.75, 3.05) is 18.9 Å². The van der Waals surface area contributed by atoms with E-state index in [9.17, 15) is 4.79 Å². The van der Waals surface area contributed by atoms with Gasteiger partial charge in [-0.25, -0.2) is 0 Å². The van der Waals surface area contributed by atoms with E-state index in [2.05, 4.69) is 80.5 Å². The Balaban J connectivity index is 0.00000353. The van der Waals surface area contributed by atoms with Gasteiger partial charge < -0.3 is 15.5 Å². The van der Waals surface area contributed by atoms with Crippen LogP contribution >= 0.6 is 0 Å². The van der Waals surface area contributed by atoms with Crippen LogP contribution in [0.4, 0.5) is 5.69 Å². The van der Waals surface area contributed by atoms with Gasteiger partial charge in [0.2, 0.25) is 5.91 Å². The molecule has 6 nitrogen and oxygen atoms in total. The number of fused-ring (bicyclic) bond motifs is 1. The predicted octanol–water partition coefficient (Wildman–Crippen LogP) is 6.83. The second kappa shape index (κ2) is 15.3. The number of aliphatic imine (C=N–C) groups is 1. The Morgan fingerprint density at radius 2 is 1.92 bits per heavy atom. The van der Waals surface area contributed by atoms with E-state index < -0.39 is 0 Å². The van der Waals surface area contributed by atoms with Gasteiger partial charge in [0.1, 0.15) is 0 Å². The van der Waals surface area contributed by atoms with Gasteiger partial charge >= 0.3 is 0 Å². The van der Waals surface area contributed by atoms with Crippen LogP contribution in [0.1, 0.15) is 86.3 Å². The van der Waals surface area contributed by atoms with Gasteiger partial charge in [0.05, 0.1) is 17.8 Å². The van der Waals surface area contributed by atoms with E-state index in [1.807, 2.05) is 44.3 Å². The zero-order valence-corrected chi connectivity index (χ0v) is 24.1. The van der Waals surface area contributed by atoms with Crippen LogP contribution in [-0.4, -0.2) is 41.6 Å². The Labute approximate surface area is 227 Å². The molecular weight excluding hydrogens is 458 g/mol. The Bertz CT molecular complexity index is 1070. The number of allylic oxidation sites excluding steroid dienone is 1. The molecule has 0 aliphatic heterocycles. The molecule has 1 aromatic carbocycles. The number of anilines is 1. The van der Waals surface area contributed by atoms with Crippen molar-refractivity contribution in [1.29, 1.82) is 0 Å². The van der Waals surface area contributed by atoms with Gasteiger partial charge in [-0.2, -0.15) is 0 Å². The number of amides is 1. The lowest BCUT2D eigenvalue weighted by Gasteiger charge is -2.19. The number of aryl methyl sites for hydroxylation is 2. The highest BCUT2D eigenvalue weighted by atomic mass is 16.1. The Morgan fingerprint density at radius 1 is 1.16 bits per heavy atom. The molecule has 1 amide bonds. The number of nitrogens with one attached hydrogen (secondary N) is 2. The van der Waals surface area contributed by atoms with Gasteiger partial charge in [0.15, 0.2) is 0 Å². The number of aromatic nitrogens is 1. The molecule has 1 aliphatic rings. The van der Waals surface area contributed by atoms with Crippen LogP contribution in [0, 0.1) is 5.92 Å². The molecule has 0 saturated heterocycles. The molecule has 0 saturated carbocycles. The van der Waals surface area contributed by atoms with Gasteiger partial charge in [0, 0.05) is 52.3 Å². The molecule has 2 N–H and O–H groups in total. The molecule has 2 atom stereocenters. The monoisotopic (exact) mass is 509 g/mol. The maximum Gasteiger partial charge on any atom is 0.230 e. The Morgan fingerprint density at radius 3 is 2.62 bits per heavy atom. The SMILES string of the molecule is CC.CCN(C)/C=C(/N=CC(C)N[C@@H](C)c1cccc(NC(=O)Cc2ccc3c(n2)CCC3)c1)C(C)C.[HH].[HH]. The van der Waals surface area contributed by atoms with Crippen molar-refractivity contribution >= 4 is 17.8 Å². The lowest BCUT2D eigenvalue weighted by molar-refractivity contribution is -0.115. The second-order valence-electron chi connectivity index (χ2n) is 9.85. The van der Waals surface area contributed by atoms with Crippen molar-refractivity contribution in [3.63, 3.8) is 0 Å². The molecule has 1 aromatic heterocycles. The predicted molar refractivity (Wildman–Crippen MR) is 161 cm³/mol. The molecule has 1 heterocycles. The molecular formula is C31H51N5O. The average molecular weight is 510 g/mol. The zero-order chi connectivity index (χ0) is 27.4. The van der Waals surface area contributed by atoms with Crippen molar-refractivity contribution in [3.8, 4) is 0 Å². The maximum absolute atomic E-state index is 12.7. The zero-order valence-electron chi connectivity index (χ0n) is 24.1. The summed E-state index contributed by atoms with van der Waals surface area (Å²) in [6.07, 6.45) is 7.66. The Hall–Kier alpha value is -2.99. The van der Waals surface area contributed by atoms with Crippen LogP contribution in [0.15, 0.2) is 53.3 Å². The number of hydrogen-bond acceptors (Lipinski definition) is 5. The summed E-state index contributed by atoms with van der Waals surface area (Å²) < 4.78 is 0. The summed E-state index contributed by atoms with van der Waals surface area (Å²) in [5, 5.41) is 6.63. The maximum atomic E-state index is 12.7. The summed E-state index contributed by atoms with van der Waals surface area (Å²) in [6, 6.07) is 12.3. The molecule has 6 heteroatoms. The normalized spacial score (nSPS) is 14.7. The number of carbonyl (C=O) groups excluding carboxylic acids is 1. The van der Waals surface area contributed by atoms with Crippen molar-refractivity contribution in [3.05, 3.63) is 70.8 Å². The first-order valence-corrected chi connectivity index (χ1v) is 13.8. The van der Waals surface area contributed by atoms with Gasteiger partial charge in [-0.05, 0) is 75.3 Å². The van der Waals surface area contributed by atoms with Crippen LogP contribution in [-0.2, 0) is 24.1 Å². The number of hydrogen-bond donors (Lipinski definition) is 2. The van der Waals surface area contributed by atoms with Crippen molar-refractivity contribution in [2.24, 2.45) is 10.9 Å². The third kappa shape index (κ3) is 9.77. The number of pyridine rings is 1. The summed E-state index contributed by atoms with van der Waals surface area (Å²) in [4.78, 5) is 24.2. The first-order valence-electron chi connectivity index (χ1n) is 13.8. The van der Waals surface area contributed by atoms with E-state index >= 15 is 0 Å². The summed E-state index contributed by atoms with van der Waals surface area (Å²) in [7, 11) is 2.07. The molecule has 1 aliphatic carbocycles. The highest BCUT2D eigenvalue weighted by Gasteiger charge is 2.15. The summed E-state index contributed by atoms with van der Waals surface area (Å²) in [5.41, 5.74) is 6.30. The largest absolute Gasteiger partial charge is 0.379 e. The Kier molecular flexibility index (Phi) is 12.5. The number of carbonyl (C=O) groups is 1. The van der Waals surface area contributed by atoms with E-state index in [0.717, 1.165) is 54.1 Å². The molecule has 3 rings (SSSR count). The fraction of sp³-hybridized carbons (Fsp3) is 0.516. The highest BCUT2D eigenvalue weighted by Crippen LogP contribution is 2.21. The minimum absolute atomic E-state index is 0. The second-order valence-corrected chi connectivity index (χ2v) is 9.85. The number of benzene rings is 1. The third-order valence-electron chi connectivity index (χ3n) is 6.40. The first kappa shape index (κ1) is 30.2. The molecule has 2 aromatic rings. The summed E-state index contributed by atoms with van der Waals surface area (Å²) in [6.45, 7) is 15.6. The quantitative estimate of drug-likeness (QED) is 0.326. The lowest BCUT2D eigenvalue weighted by atomic mass is 10.1. The lowest BCUT2D eigenvalue weighted by Crippen LogP contribution is -2.30. The number of nitrogens with zero attached hydrogens (tertiary/aromatic N) is 3. The van der Waals surface area contributed by atoms with E-state index in [1.165, 1.54) is 5.56 Å². The van der Waals surface area contributed by atoms with E-state index in [-0.39, 0.29) is 27.3 Å². The molecule has 0 radical (unpaired) electrons. The summed E-state index contributed by atoms with van der Waals surface area (Å²) >= 11 is 0. The van der Waals surface area contributed by atoms with Crippen LogP contribution in [0.3, 0.4) is 0 Å². The molecule has 0 spiro atoms. The van der Waals surface area contributed by atoms with Crippen LogP contribution in [0.25, 0.3) is 0 Å². The minimum atomic E-state index is -0.0428. The molecule has 0 fully saturated rings. The fourth-order valence-corrected chi connectivity index (χ4v) is 4.20. The fourth-order valence-electron chi connectivity index (χ4n) is 4.20. The standard InChI is InChI=1S/C29H41N5O.C2H6.2H2/c1-7-34(6)19-28(20(2)3)30-18-21(4)31-22(5)24-11-8-12-25(16-24)33-29(35)17-26-15-14-23-10-9-13-27(23)32-26;1-2;;/h8,11-12,14-16,18-22,31H,7,9-10,13,17H2,1-6H3,(H,33,35);1-2H3;2*1H/b28-19+,30-18?;;;/t21?,22-;;;/m0.../s1. The topological polar surface area (TPSA) is 69.6 Å². The molecule has 37 heavy (non-hydrogen) atoms. The van der Waals surface area contributed by atoms with Crippen molar-refractivity contribution < 1.29 is 7.65 Å². The number of rotatable bonds is 11. The molecule has 0 bridgehead atoms.